The third kappa shape index (κ3) is 4.37. The van der Waals surface area contributed by atoms with E-state index in [1.165, 1.54) is 6.07 Å². The molecule has 5 aromatic rings. The maximum Gasteiger partial charge on any atom is 0.416 e. The van der Waals surface area contributed by atoms with Crippen molar-refractivity contribution in [3.63, 3.8) is 0 Å². The smallest absolute Gasteiger partial charge is 0.353 e. The molecule has 6 rings (SSSR count). The zero-order chi connectivity index (χ0) is 25.6. The van der Waals surface area contributed by atoms with Crippen LogP contribution in [0.15, 0.2) is 71.5 Å². The molecule has 7 nitrogen and oxygen atoms in total. The molecule has 1 aliphatic heterocycles. The number of aromatic nitrogens is 4. The van der Waals surface area contributed by atoms with Gasteiger partial charge < -0.3 is 9.42 Å². The molecule has 1 saturated heterocycles. The van der Waals surface area contributed by atoms with Crippen LogP contribution in [0, 0.1) is 0 Å². The number of piperazine rings is 1. The number of hydrogen-bond acceptors (Lipinski definition) is 7. The normalized spacial score (nSPS) is 15.9. The number of benzene rings is 3. The van der Waals surface area contributed by atoms with Gasteiger partial charge in [0.2, 0.25) is 11.7 Å². The Morgan fingerprint density at radius 1 is 0.892 bits per heavy atom. The average molecular weight is 505 g/mol. The lowest BCUT2D eigenvalue weighted by Crippen LogP contribution is -2.47. The highest BCUT2D eigenvalue weighted by molar-refractivity contribution is 6.08. The van der Waals surface area contributed by atoms with Crippen molar-refractivity contribution in [3.05, 3.63) is 78.4 Å². The quantitative estimate of drug-likeness (QED) is 0.289. The van der Waals surface area contributed by atoms with E-state index in [2.05, 4.69) is 54.2 Å². The Bertz CT molecular complexity index is 1580. The summed E-state index contributed by atoms with van der Waals surface area (Å²) in [5.74, 6) is 1.43. The molecule has 10 heteroatoms. The van der Waals surface area contributed by atoms with Crippen LogP contribution < -0.4 is 4.90 Å². The predicted molar refractivity (Wildman–Crippen MR) is 134 cm³/mol. The van der Waals surface area contributed by atoms with Crippen LogP contribution in [0.3, 0.4) is 0 Å². The zero-order valence-electron chi connectivity index (χ0n) is 20.0. The fourth-order valence-electron chi connectivity index (χ4n) is 4.87. The van der Waals surface area contributed by atoms with E-state index in [1.807, 2.05) is 19.1 Å². The van der Waals surface area contributed by atoms with Crippen molar-refractivity contribution >= 4 is 27.5 Å². The molecule has 0 spiro atoms. The van der Waals surface area contributed by atoms with Gasteiger partial charge in [0.1, 0.15) is 12.1 Å². The Kier molecular flexibility index (Phi) is 5.75. The second kappa shape index (κ2) is 9.11. The van der Waals surface area contributed by atoms with E-state index in [1.54, 1.807) is 12.4 Å². The topological polar surface area (TPSA) is 71.2 Å². The molecule has 0 N–H and O–H groups in total. The van der Waals surface area contributed by atoms with Crippen molar-refractivity contribution in [2.24, 2.45) is 0 Å². The van der Waals surface area contributed by atoms with Crippen LogP contribution in [0.5, 0.6) is 0 Å². The summed E-state index contributed by atoms with van der Waals surface area (Å²) in [7, 11) is 0. The van der Waals surface area contributed by atoms with E-state index < -0.39 is 11.7 Å². The lowest BCUT2D eigenvalue weighted by Gasteiger charge is -2.37. The van der Waals surface area contributed by atoms with Gasteiger partial charge in [-0.1, -0.05) is 47.6 Å². The van der Waals surface area contributed by atoms with Gasteiger partial charge >= 0.3 is 6.18 Å². The Labute approximate surface area is 210 Å². The highest BCUT2D eigenvalue weighted by Crippen LogP contribution is 2.33. The van der Waals surface area contributed by atoms with Crippen LogP contribution in [0.25, 0.3) is 33.1 Å². The Morgan fingerprint density at radius 2 is 1.70 bits per heavy atom. The van der Waals surface area contributed by atoms with Crippen molar-refractivity contribution in [1.29, 1.82) is 0 Å². The molecule has 2 aromatic heterocycles. The first kappa shape index (κ1) is 23.4. The highest BCUT2D eigenvalue weighted by atomic mass is 19.4. The molecule has 3 heterocycles. The van der Waals surface area contributed by atoms with E-state index in [0.29, 0.717) is 5.89 Å². The summed E-state index contributed by atoms with van der Waals surface area (Å²) in [6.45, 7) is 4.93. The minimum atomic E-state index is -4.43. The number of nitrogens with zero attached hydrogens (tertiary/aromatic N) is 6. The molecule has 0 aliphatic carbocycles. The maximum atomic E-state index is 13.1. The molecule has 0 saturated carbocycles. The van der Waals surface area contributed by atoms with Crippen LogP contribution in [0.4, 0.5) is 19.0 Å². The van der Waals surface area contributed by atoms with E-state index in [4.69, 9.17) is 4.52 Å². The van der Waals surface area contributed by atoms with Crippen LogP contribution in [0.2, 0.25) is 0 Å². The number of halogens is 3. The monoisotopic (exact) mass is 504 g/mol. The first-order valence-corrected chi connectivity index (χ1v) is 12.0. The number of fused-ring (bicyclic) bond motifs is 3. The van der Waals surface area contributed by atoms with Crippen LogP contribution >= 0.6 is 0 Å². The van der Waals surface area contributed by atoms with Gasteiger partial charge in [0.25, 0.3) is 0 Å². The molecule has 1 fully saturated rings. The SMILES string of the molecule is CC(c1nc(-c2cccc(C(F)(F)F)c2)no1)N1CCN(c2ncnc3c2ccc2ccccc23)CC1. The molecule has 3 aromatic carbocycles. The lowest BCUT2D eigenvalue weighted by molar-refractivity contribution is -0.137. The molecular formula is C27H23F3N6O. The van der Waals surface area contributed by atoms with Crippen LogP contribution in [0.1, 0.15) is 24.4 Å². The van der Waals surface area contributed by atoms with Crippen LogP contribution in [-0.2, 0) is 6.18 Å². The summed E-state index contributed by atoms with van der Waals surface area (Å²) < 4.78 is 44.7. The van der Waals surface area contributed by atoms with E-state index in [0.717, 1.165) is 65.8 Å². The Balaban J connectivity index is 1.18. The van der Waals surface area contributed by atoms with E-state index in [-0.39, 0.29) is 17.4 Å². The standard InChI is InChI=1S/C27H23F3N6O/c1-17(26-33-24(34-37-26)19-6-4-7-20(15-19)27(28,29)30)35-11-13-36(14-12-35)25-22-10-9-18-5-2-3-8-21(18)23(22)31-16-32-25/h2-10,15-17H,11-14H2,1H3. The molecule has 1 atom stereocenters. The molecule has 37 heavy (non-hydrogen) atoms. The molecule has 0 bridgehead atoms. The minimum Gasteiger partial charge on any atom is -0.353 e. The van der Waals surface area contributed by atoms with Gasteiger partial charge in [-0.15, -0.1) is 0 Å². The van der Waals surface area contributed by atoms with E-state index in [9.17, 15) is 13.2 Å². The summed E-state index contributed by atoms with van der Waals surface area (Å²) in [5.41, 5.74) is 0.461. The molecule has 188 valence electrons. The van der Waals surface area contributed by atoms with Crippen LogP contribution in [-0.4, -0.2) is 51.2 Å². The average Bonchev–Trinajstić information content (AvgIpc) is 3.42. The number of anilines is 1. The number of rotatable bonds is 4. The maximum absolute atomic E-state index is 13.1. The summed E-state index contributed by atoms with van der Waals surface area (Å²) in [6, 6.07) is 17.1. The summed E-state index contributed by atoms with van der Waals surface area (Å²) >= 11 is 0. The zero-order valence-corrected chi connectivity index (χ0v) is 20.0. The Morgan fingerprint density at radius 3 is 2.51 bits per heavy atom. The molecule has 1 unspecified atom stereocenters. The molecule has 0 radical (unpaired) electrons. The van der Waals surface area contributed by atoms with Gasteiger partial charge in [-0.25, -0.2) is 9.97 Å². The number of alkyl halides is 3. The fraction of sp³-hybridized carbons (Fsp3) is 0.259. The van der Waals surface area contributed by atoms with Crippen molar-refractivity contribution < 1.29 is 17.7 Å². The molecular weight excluding hydrogens is 481 g/mol. The Hall–Kier alpha value is -4.05. The van der Waals surface area contributed by atoms with Gasteiger partial charge in [0.15, 0.2) is 0 Å². The first-order valence-electron chi connectivity index (χ1n) is 12.0. The summed E-state index contributed by atoms with van der Waals surface area (Å²) in [5, 5.41) is 7.20. The van der Waals surface area contributed by atoms with Gasteiger partial charge in [-0.3, -0.25) is 4.90 Å². The van der Waals surface area contributed by atoms with Gasteiger partial charge in [-0.2, -0.15) is 18.2 Å². The minimum absolute atomic E-state index is 0.145. The van der Waals surface area contributed by atoms with Gasteiger partial charge in [0, 0.05) is 42.5 Å². The van der Waals surface area contributed by atoms with Crippen molar-refractivity contribution in [2.45, 2.75) is 19.1 Å². The van der Waals surface area contributed by atoms with Gasteiger partial charge in [-0.05, 0) is 30.5 Å². The second-order valence-electron chi connectivity index (χ2n) is 9.11. The van der Waals surface area contributed by atoms with Crippen molar-refractivity contribution in [1.82, 2.24) is 25.0 Å². The third-order valence-corrected chi connectivity index (χ3v) is 6.92. The summed E-state index contributed by atoms with van der Waals surface area (Å²) in [4.78, 5) is 18.0. The van der Waals surface area contributed by atoms with Gasteiger partial charge in [0.05, 0.1) is 17.1 Å². The van der Waals surface area contributed by atoms with E-state index >= 15 is 0 Å². The highest BCUT2D eigenvalue weighted by Gasteiger charge is 2.31. The summed E-state index contributed by atoms with van der Waals surface area (Å²) in [6.07, 6.45) is -2.81. The van der Waals surface area contributed by atoms with Crippen molar-refractivity contribution in [2.75, 3.05) is 31.1 Å². The predicted octanol–water partition coefficient (Wildman–Crippen LogP) is 5.74. The third-order valence-electron chi connectivity index (χ3n) is 6.92. The molecule has 1 aliphatic rings. The largest absolute Gasteiger partial charge is 0.416 e. The molecule has 0 amide bonds. The fourth-order valence-corrected chi connectivity index (χ4v) is 4.87. The first-order chi connectivity index (χ1) is 17.9. The van der Waals surface area contributed by atoms with Crippen molar-refractivity contribution in [3.8, 4) is 11.4 Å². The lowest BCUT2D eigenvalue weighted by atomic mass is 10.1. The second-order valence-corrected chi connectivity index (χ2v) is 9.11. The number of hydrogen-bond donors (Lipinski definition) is 0.